The molecule has 0 atom stereocenters. The normalized spacial score (nSPS) is 10.9. The molecule has 2 nitrogen and oxygen atoms in total. The maximum absolute atomic E-state index is 12.4. The number of hydrogen-bond acceptors (Lipinski definition) is 2. The minimum absolute atomic E-state index is 0.113. The Labute approximate surface area is 133 Å². The van der Waals surface area contributed by atoms with E-state index in [0.29, 0.717) is 11.3 Å². The lowest BCUT2D eigenvalue weighted by atomic mass is 10.1. The molecule has 0 N–H and O–H groups in total. The van der Waals surface area contributed by atoms with Gasteiger partial charge in [-0.25, -0.2) is 0 Å². The number of rotatable bonds is 2. The average molecular weight is 394 g/mol. The van der Waals surface area contributed by atoms with Gasteiger partial charge >= 0.3 is 0 Å². The third-order valence-corrected chi connectivity index (χ3v) is 4.03. The number of ketones is 1. The maximum atomic E-state index is 12.4. The van der Waals surface area contributed by atoms with Crippen LogP contribution in [0, 0.1) is 6.92 Å². The molecular formula is C16H10Br2O2. The van der Waals surface area contributed by atoms with Crippen LogP contribution in [0.3, 0.4) is 0 Å². The smallest absolute Gasteiger partial charge is 0.228 e. The Hall–Kier alpha value is -1.39. The van der Waals surface area contributed by atoms with Crippen molar-refractivity contribution in [2.75, 3.05) is 0 Å². The quantitative estimate of drug-likeness (QED) is 0.538. The molecule has 0 bridgehead atoms. The second-order valence-corrected chi connectivity index (χ2v) is 6.42. The molecule has 2 aromatic carbocycles. The number of benzene rings is 2. The molecule has 3 rings (SSSR count). The highest BCUT2D eigenvalue weighted by molar-refractivity contribution is 9.10. The number of halogens is 2. The molecule has 4 heteroatoms. The van der Waals surface area contributed by atoms with E-state index in [-0.39, 0.29) is 5.78 Å². The third-order valence-electron chi connectivity index (χ3n) is 3.08. The van der Waals surface area contributed by atoms with Crippen LogP contribution in [0.25, 0.3) is 11.0 Å². The van der Waals surface area contributed by atoms with Gasteiger partial charge in [-0.3, -0.25) is 4.79 Å². The first-order valence-corrected chi connectivity index (χ1v) is 7.63. The fourth-order valence-corrected chi connectivity index (χ4v) is 3.16. The Bertz CT molecular complexity index is 818. The number of aryl methyl sites for hydroxylation is 1. The Morgan fingerprint density at radius 3 is 2.60 bits per heavy atom. The zero-order chi connectivity index (χ0) is 14.3. The van der Waals surface area contributed by atoms with Gasteiger partial charge in [-0.1, -0.05) is 44.0 Å². The van der Waals surface area contributed by atoms with Crippen LogP contribution < -0.4 is 0 Å². The van der Waals surface area contributed by atoms with Gasteiger partial charge in [0.15, 0.2) is 5.76 Å². The van der Waals surface area contributed by atoms with Gasteiger partial charge in [0.2, 0.25) is 5.78 Å². The van der Waals surface area contributed by atoms with E-state index in [0.717, 1.165) is 25.5 Å². The van der Waals surface area contributed by atoms with Crippen molar-refractivity contribution in [1.29, 1.82) is 0 Å². The van der Waals surface area contributed by atoms with Crippen LogP contribution in [0.4, 0.5) is 0 Å². The van der Waals surface area contributed by atoms with Gasteiger partial charge < -0.3 is 4.42 Å². The van der Waals surface area contributed by atoms with Gasteiger partial charge in [-0.05, 0) is 42.8 Å². The van der Waals surface area contributed by atoms with E-state index in [9.17, 15) is 4.79 Å². The summed E-state index contributed by atoms with van der Waals surface area (Å²) in [4.78, 5) is 12.4. The van der Waals surface area contributed by atoms with Gasteiger partial charge in [0.25, 0.3) is 0 Å². The molecule has 0 saturated heterocycles. The third kappa shape index (κ3) is 2.45. The van der Waals surface area contributed by atoms with Gasteiger partial charge in [-0.15, -0.1) is 0 Å². The second-order valence-electron chi connectivity index (χ2n) is 4.59. The summed E-state index contributed by atoms with van der Waals surface area (Å²) in [5.74, 6) is 0.248. The minimum atomic E-state index is -0.113. The Morgan fingerprint density at radius 1 is 1.05 bits per heavy atom. The summed E-state index contributed by atoms with van der Waals surface area (Å²) in [6, 6.07) is 13.0. The molecule has 0 amide bonds. The Morgan fingerprint density at radius 2 is 1.85 bits per heavy atom. The first-order valence-electron chi connectivity index (χ1n) is 6.04. The molecule has 0 saturated carbocycles. The zero-order valence-corrected chi connectivity index (χ0v) is 13.8. The minimum Gasteiger partial charge on any atom is -0.452 e. The van der Waals surface area contributed by atoms with Crippen LogP contribution in [0.2, 0.25) is 0 Å². The van der Waals surface area contributed by atoms with E-state index in [1.54, 1.807) is 18.2 Å². The number of hydrogen-bond donors (Lipinski definition) is 0. The lowest BCUT2D eigenvalue weighted by Gasteiger charge is -1.98. The number of fused-ring (bicyclic) bond motifs is 1. The van der Waals surface area contributed by atoms with E-state index in [2.05, 4.69) is 31.9 Å². The molecule has 0 unspecified atom stereocenters. The molecule has 0 aliphatic rings. The van der Waals surface area contributed by atoms with Crippen molar-refractivity contribution in [2.45, 2.75) is 6.92 Å². The lowest BCUT2D eigenvalue weighted by molar-refractivity contribution is 0.101. The van der Waals surface area contributed by atoms with Gasteiger partial charge in [0.05, 0.1) is 0 Å². The molecule has 100 valence electrons. The first kappa shape index (κ1) is 13.6. The average Bonchev–Trinajstić information content (AvgIpc) is 2.82. The predicted molar refractivity (Wildman–Crippen MR) is 86.2 cm³/mol. The van der Waals surface area contributed by atoms with Crippen molar-refractivity contribution in [3.63, 3.8) is 0 Å². The molecule has 20 heavy (non-hydrogen) atoms. The maximum Gasteiger partial charge on any atom is 0.228 e. The summed E-state index contributed by atoms with van der Waals surface area (Å²) < 4.78 is 7.57. The monoisotopic (exact) mass is 392 g/mol. The van der Waals surface area contributed by atoms with Crippen LogP contribution in [0.15, 0.2) is 55.8 Å². The molecule has 0 aliphatic heterocycles. The summed E-state index contributed by atoms with van der Waals surface area (Å²) in [6.07, 6.45) is 0. The van der Waals surface area contributed by atoms with Gasteiger partial charge in [0, 0.05) is 19.9 Å². The van der Waals surface area contributed by atoms with Crippen molar-refractivity contribution < 1.29 is 9.21 Å². The van der Waals surface area contributed by atoms with Gasteiger partial charge in [0.1, 0.15) is 5.58 Å². The fraction of sp³-hybridized carbons (Fsp3) is 0.0625. The highest BCUT2D eigenvalue weighted by Gasteiger charge is 2.16. The highest BCUT2D eigenvalue weighted by atomic mass is 79.9. The van der Waals surface area contributed by atoms with Crippen LogP contribution in [0.1, 0.15) is 21.7 Å². The van der Waals surface area contributed by atoms with Gasteiger partial charge in [-0.2, -0.15) is 0 Å². The largest absolute Gasteiger partial charge is 0.452 e. The molecule has 3 aromatic rings. The lowest BCUT2D eigenvalue weighted by Crippen LogP contribution is -1.98. The van der Waals surface area contributed by atoms with Crippen molar-refractivity contribution in [2.24, 2.45) is 0 Å². The summed E-state index contributed by atoms with van der Waals surface area (Å²) in [5, 5.41) is 0.926. The van der Waals surface area contributed by atoms with E-state index < -0.39 is 0 Å². The summed E-state index contributed by atoms with van der Waals surface area (Å²) in [6.45, 7) is 1.96. The Balaban J connectivity index is 2.11. The topological polar surface area (TPSA) is 30.2 Å². The highest BCUT2D eigenvalue weighted by Crippen LogP contribution is 2.28. The molecule has 1 aromatic heterocycles. The molecular weight excluding hydrogens is 384 g/mol. The van der Waals surface area contributed by atoms with E-state index in [1.807, 2.05) is 31.2 Å². The molecule has 0 fully saturated rings. The standard InChI is InChI=1S/C16H10Br2O2/c1-9-5-13(18)7-11-8-14(20-16(9)11)15(19)10-3-2-4-12(17)6-10/h2-8H,1H3. The first-order chi connectivity index (χ1) is 9.54. The number of carbonyl (C=O) groups excluding carboxylic acids is 1. The Kier molecular flexibility index (Phi) is 3.52. The van der Waals surface area contributed by atoms with Crippen LogP contribution in [0.5, 0.6) is 0 Å². The van der Waals surface area contributed by atoms with E-state index in [4.69, 9.17) is 4.42 Å². The molecule has 0 aliphatic carbocycles. The zero-order valence-electron chi connectivity index (χ0n) is 10.6. The molecule has 0 radical (unpaired) electrons. The number of carbonyl (C=O) groups is 1. The van der Waals surface area contributed by atoms with Crippen molar-refractivity contribution in [3.05, 3.63) is 68.3 Å². The summed E-state index contributed by atoms with van der Waals surface area (Å²) >= 11 is 6.82. The van der Waals surface area contributed by atoms with Crippen molar-refractivity contribution in [3.8, 4) is 0 Å². The predicted octanol–water partition coefficient (Wildman–Crippen LogP) is 5.50. The van der Waals surface area contributed by atoms with Crippen molar-refractivity contribution >= 4 is 48.6 Å². The summed E-state index contributed by atoms with van der Waals surface area (Å²) in [7, 11) is 0. The number of furan rings is 1. The molecule has 0 spiro atoms. The van der Waals surface area contributed by atoms with Crippen molar-refractivity contribution in [1.82, 2.24) is 0 Å². The van der Waals surface area contributed by atoms with Crippen LogP contribution >= 0.6 is 31.9 Å². The van der Waals surface area contributed by atoms with Crippen LogP contribution in [-0.2, 0) is 0 Å². The van der Waals surface area contributed by atoms with E-state index in [1.165, 1.54) is 0 Å². The molecule has 1 heterocycles. The SMILES string of the molecule is Cc1cc(Br)cc2cc(C(=O)c3cccc(Br)c3)oc12. The van der Waals surface area contributed by atoms with E-state index >= 15 is 0 Å². The fourth-order valence-electron chi connectivity index (χ4n) is 2.17. The summed E-state index contributed by atoms with van der Waals surface area (Å²) in [5.41, 5.74) is 2.37. The van der Waals surface area contributed by atoms with Crippen LogP contribution in [-0.4, -0.2) is 5.78 Å². The second kappa shape index (κ2) is 5.19.